The molecular formula is C20H26N4O4. The van der Waals surface area contributed by atoms with Crippen LogP contribution in [0.4, 0.5) is 5.69 Å². The molecule has 1 N–H and O–H groups in total. The van der Waals surface area contributed by atoms with E-state index in [1.807, 2.05) is 32.0 Å². The molecule has 0 radical (unpaired) electrons. The molecule has 8 heteroatoms. The average Bonchev–Trinajstić information content (AvgIpc) is 3.32. The summed E-state index contributed by atoms with van der Waals surface area (Å²) in [5.74, 6) is 1.67. The number of carbonyl (C=O) groups is 2. The Morgan fingerprint density at radius 2 is 2.25 bits per heavy atom. The van der Waals surface area contributed by atoms with Crippen LogP contribution in [0.25, 0.3) is 0 Å². The molecule has 1 saturated heterocycles. The first-order valence-corrected chi connectivity index (χ1v) is 9.52. The molecule has 1 aromatic heterocycles. The van der Waals surface area contributed by atoms with Crippen molar-refractivity contribution in [2.45, 2.75) is 39.0 Å². The van der Waals surface area contributed by atoms with E-state index >= 15 is 0 Å². The maximum absolute atomic E-state index is 12.4. The van der Waals surface area contributed by atoms with Gasteiger partial charge in [0, 0.05) is 43.6 Å². The topological polar surface area (TPSA) is 97.6 Å². The van der Waals surface area contributed by atoms with Crippen molar-refractivity contribution in [3.8, 4) is 5.75 Å². The van der Waals surface area contributed by atoms with Gasteiger partial charge < -0.3 is 19.5 Å². The highest BCUT2D eigenvalue weighted by molar-refractivity contribution is 6.00. The largest absolute Gasteiger partial charge is 0.497 e. The molecule has 150 valence electrons. The van der Waals surface area contributed by atoms with Gasteiger partial charge in [-0.25, -0.2) is 0 Å². The molecule has 0 aliphatic carbocycles. The standard InChI is InChI=1S/C20H26N4O4/c1-13(2)19-22-17(28-23-19)8-5-9-21-20(26)14-10-18(25)24(12-14)15-6-4-7-16(11-15)27-3/h4,6-7,11,13-14H,5,8-10,12H2,1-3H3,(H,21,26). The van der Waals surface area contributed by atoms with Crippen molar-refractivity contribution in [3.05, 3.63) is 36.0 Å². The lowest BCUT2D eigenvalue weighted by atomic mass is 10.1. The number of nitrogens with one attached hydrogen (secondary N) is 1. The van der Waals surface area contributed by atoms with Crippen molar-refractivity contribution in [2.24, 2.45) is 5.92 Å². The molecule has 28 heavy (non-hydrogen) atoms. The Hall–Kier alpha value is -2.90. The summed E-state index contributed by atoms with van der Waals surface area (Å²) < 4.78 is 10.4. The van der Waals surface area contributed by atoms with Gasteiger partial charge in [0.05, 0.1) is 13.0 Å². The second kappa shape index (κ2) is 8.86. The third-order valence-corrected chi connectivity index (χ3v) is 4.73. The number of aryl methyl sites for hydroxylation is 1. The molecule has 2 heterocycles. The van der Waals surface area contributed by atoms with Crippen molar-refractivity contribution in [2.75, 3.05) is 25.1 Å². The van der Waals surface area contributed by atoms with E-state index in [1.54, 1.807) is 18.1 Å². The molecule has 2 amide bonds. The number of aromatic nitrogens is 2. The number of benzene rings is 1. The Morgan fingerprint density at radius 3 is 2.96 bits per heavy atom. The van der Waals surface area contributed by atoms with E-state index in [0.717, 1.165) is 5.69 Å². The number of hydrogen-bond acceptors (Lipinski definition) is 6. The van der Waals surface area contributed by atoms with Gasteiger partial charge in [0.15, 0.2) is 5.82 Å². The number of rotatable bonds is 8. The molecule has 1 aliphatic rings. The molecule has 2 aromatic rings. The van der Waals surface area contributed by atoms with Gasteiger partial charge in [-0.15, -0.1) is 0 Å². The minimum atomic E-state index is -0.352. The summed E-state index contributed by atoms with van der Waals surface area (Å²) in [5.41, 5.74) is 0.747. The van der Waals surface area contributed by atoms with E-state index < -0.39 is 0 Å². The van der Waals surface area contributed by atoms with Gasteiger partial charge in [0.2, 0.25) is 17.7 Å². The zero-order chi connectivity index (χ0) is 20.1. The normalized spacial score (nSPS) is 16.6. The number of anilines is 1. The van der Waals surface area contributed by atoms with Gasteiger partial charge >= 0.3 is 0 Å². The van der Waals surface area contributed by atoms with Crippen molar-refractivity contribution < 1.29 is 18.8 Å². The van der Waals surface area contributed by atoms with Crippen molar-refractivity contribution in [3.63, 3.8) is 0 Å². The summed E-state index contributed by atoms with van der Waals surface area (Å²) in [6.45, 7) is 4.89. The van der Waals surface area contributed by atoms with Crippen LogP contribution in [0.15, 0.2) is 28.8 Å². The summed E-state index contributed by atoms with van der Waals surface area (Å²) in [7, 11) is 1.58. The Kier molecular flexibility index (Phi) is 6.28. The monoisotopic (exact) mass is 386 g/mol. The molecule has 0 saturated carbocycles. The smallest absolute Gasteiger partial charge is 0.227 e. The minimum absolute atomic E-state index is 0.0551. The molecule has 0 spiro atoms. The van der Waals surface area contributed by atoms with Crippen LogP contribution in [-0.2, 0) is 16.0 Å². The lowest BCUT2D eigenvalue weighted by Gasteiger charge is -2.17. The molecule has 1 aromatic carbocycles. The molecule has 1 atom stereocenters. The molecule has 1 unspecified atom stereocenters. The van der Waals surface area contributed by atoms with E-state index in [9.17, 15) is 9.59 Å². The fourth-order valence-corrected chi connectivity index (χ4v) is 3.11. The highest BCUT2D eigenvalue weighted by Gasteiger charge is 2.35. The molecular weight excluding hydrogens is 360 g/mol. The fraction of sp³-hybridized carbons (Fsp3) is 0.500. The first-order valence-electron chi connectivity index (χ1n) is 9.52. The Morgan fingerprint density at radius 1 is 1.43 bits per heavy atom. The highest BCUT2D eigenvalue weighted by Crippen LogP contribution is 2.27. The molecule has 8 nitrogen and oxygen atoms in total. The van der Waals surface area contributed by atoms with Crippen LogP contribution >= 0.6 is 0 Å². The third kappa shape index (κ3) is 4.68. The van der Waals surface area contributed by atoms with Crippen LogP contribution in [0.3, 0.4) is 0 Å². The highest BCUT2D eigenvalue weighted by atomic mass is 16.5. The summed E-state index contributed by atoms with van der Waals surface area (Å²) in [4.78, 5) is 30.7. The predicted molar refractivity (Wildman–Crippen MR) is 103 cm³/mol. The zero-order valence-electron chi connectivity index (χ0n) is 16.5. The first kappa shape index (κ1) is 19.9. The fourth-order valence-electron chi connectivity index (χ4n) is 3.11. The predicted octanol–water partition coefficient (Wildman–Crippen LogP) is 2.30. The number of ether oxygens (including phenoxy) is 1. The van der Waals surface area contributed by atoms with Crippen molar-refractivity contribution in [1.82, 2.24) is 15.5 Å². The molecule has 1 aliphatic heterocycles. The molecule has 3 rings (SSSR count). The SMILES string of the molecule is COc1cccc(N2CC(C(=O)NCCCc3nc(C(C)C)no3)CC2=O)c1. The second-order valence-corrected chi connectivity index (χ2v) is 7.20. The van der Waals surface area contributed by atoms with Crippen molar-refractivity contribution >= 4 is 17.5 Å². The first-order chi connectivity index (χ1) is 13.5. The Labute approximate surface area is 164 Å². The lowest BCUT2D eigenvalue weighted by molar-refractivity contribution is -0.126. The third-order valence-electron chi connectivity index (χ3n) is 4.73. The van der Waals surface area contributed by atoms with Crippen LogP contribution in [0.5, 0.6) is 5.75 Å². The zero-order valence-corrected chi connectivity index (χ0v) is 16.5. The number of hydrogen-bond donors (Lipinski definition) is 1. The molecule has 0 bridgehead atoms. The Balaban J connectivity index is 1.46. The van der Waals surface area contributed by atoms with E-state index in [4.69, 9.17) is 9.26 Å². The van der Waals surface area contributed by atoms with Gasteiger partial charge in [-0.1, -0.05) is 25.1 Å². The molecule has 1 fully saturated rings. The van der Waals surface area contributed by atoms with Crippen LogP contribution in [0.1, 0.15) is 44.3 Å². The van der Waals surface area contributed by atoms with E-state index in [0.29, 0.717) is 43.4 Å². The maximum Gasteiger partial charge on any atom is 0.227 e. The van der Waals surface area contributed by atoms with Gasteiger partial charge in [0.1, 0.15) is 5.75 Å². The summed E-state index contributed by atoms with van der Waals surface area (Å²) in [6.07, 6.45) is 1.52. The average molecular weight is 386 g/mol. The summed E-state index contributed by atoms with van der Waals surface area (Å²) >= 11 is 0. The van der Waals surface area contributed by atoms with E-state index in [2.05, 4.69) is 15.5 Å². The minimum Gasteiger partial charge on any atom is -0.497 e. The quantitative estimate of drug-likeness (QED) is 0.699. The van der Waals surface area contributed by atoms with Gasteiger partial charge in [-0.3, -0.25) is 9.59 Å². The number of nitrogens with zero attached hydrogens (tertiary/aromatic N) is 3. The summed E-state index contributed by atoms with van der Waals surface area (Å²) in [6, 6.07) is 7.29. The van der Waals surface area contributed by atoms with Crippen LogP contribution < -0.4 is 15.0 Å². The Bertz CT molecular complexity index is 833. The van der Waals surface area contributed by atoms with Gasteiger partial charge in [0.25, 0.3) is 0 Å². The van der Waals surface area contributed by atoms with Gasteiger partial charge in [-0.2, -0.15) is 4.98 Å². The number of methoxy groups -OCH3 is 1. The lowest BCUT2D eigenvalue weighted by Crippen LogP contribution is -2.33. The van der Waals surface area contributed by atoms with Crippen molar-refractivity contribution in [1.29, 1.82) is 0 Å². The van der Waals surface area contributed by atoms with Crippen LogP contribution in [0, 0.1) is 5.92 Å². The van der Waals surface area contributed by atoms with E-state index in [1.165, 1.54) is 0 Å². The van der Waals surface area contributed by atoms with Crippen LogP contribution in [0.2, 0.25) is 0 Å². The summed E-state index contributed by atoms with van der Waals surface area (Å²) in [5, 5.41) is 6.83. The number of amides is 2. The van der Waals surface area contributed by atoms with E-state index in [-0.39, 0.29) is 30.1 Å². The second-order valence-electron chi connectivity index (χ2n) is 7.20. The van der Waals surface area contributed by atoms with Crippen LogP contribution in [-0.4, -0.2) is 42.2 Å². The van der Waals surface area contributed by atoms with Gasteiger partial charge in [-0.05, 0) is 18.6 Å². The maximum atomic E-state index is 12.4. The number of carbonyl (C=O) groups excluding carboxylic acids is 2.